The summed E-state index contributed by atoms with van der Waals surface area (Å²) in [6.45, 7) is 0. The van der Waals surface area contributed by atoms with E-state index in [4.69, 9.17) is 10.2 Å². The summed E-state index contributed by atoms with van der Waals surface area (Å²) in [7, 11) is 0. The van der Waals surface area contributed by atoms with E-state index in [1.165, 1.54) is 38.6 Å². The molecule has 0 aliphatic heterocycles. The molecule has 0 radical (unpaired) electrons. The molecular formula is C39H30O6. The van der Waals surface area contributed by atoms with Gasteiger partial charge in [-0.05, 0) is 85.8 Å². The zero-order valence-corrected chi connectivity index (χ0v) is 24.4. The van der Waals surface area contributed by atoms with Crippen molar-refractivity contribution in [1.29, 1.82) is 0 Å². The number of aliphatic carboxylic acids is 2. The van der Waals surface area contributed by atoms with E-state index in [9.17, 15) is 19.2 Å². The predicted molar refractivity (Wildman–Crippen MR) is 174 cm³/mol. The summed E-state index contributed by atoms with van der Waals surface area (Å²) in [4.78, 5) is 46.2. The third-order valence-electron chi connectivity index (χ3n) is 8.39. The summed E-state index contributed by atoms with van der Waals surface area (Å²) in [6.07, 6.45) is 12.6. The molecule has 0 atom stereocenters. The Morgan fingerprint density at radius 3 is 1.78 bits per heavy atom. The summed E-state index contributed by atoms with van der Waals surface area (Å²) in [6, 6.07) is 24.5. The molecule has 0 heterocycles. The first kappa shape index (κ1) is 29.5. The number of carboxylic acid groups (broad SMARTS) is 2. The van der Waals surface area contributed by atoms with E-state index in [2.05, 4.69) is 42.5 Å². The molecule has 0 fully saturated rings. The van der Waals surface area contributed by atoms with Crippen molar-refractivity contribution in [3.8, 4) is 0 Å². The van der Waals surface area contributed by atoms with Crippen LogP contribution in [-0.2, 0) is 38.4 Å². The number of hydrogen-bond donors (Lipinski definition) is 2. The summed E-state index contributed by atoms with van der Waals surface area (Å²) < 4.78 is 0. The molecule has 45 heavy (non-hydrogen) atoms. The van der Waals surface area contributed by atoms with Crippen LogP contribution in [0, 0.1) is 0 Å². The quantitative estimate of drug-likeness (QED) is 0.145. The highest BCUT2D eigenvalue weighted by Gasteiger charge is 2.26. The molecule has 0 bridgehead atoms. The fraction of sp³-hybridized carbons (Fsp3) is 0.128. The van der Waals surface area contributed by atoms with Crippen LogP contribution in [0.1, 0.15) is 56.8 Å². The number of allylic oxidation sites excluding steroid dienone is 5. The maximum Gasteiger partial charge on any atom is 0.328 e. The highest BCUT2D eigenvalue weighted by Crippen LogP contribution is 2.44. The molecule has 4 aromatic rings. The molecule has 0 amide bonds. The molecule has 2 aliphatic rings. The van der Waals surface area contributed by atoms with Gasteiger partial charge in [0.25, 0.3) is 0 Å². The minimum Gasteiger partial charge on any atom is -0.478 e. The van der Waals surface area contributed by atoms with Gasteiger partial charge in [0, 0.05) is 30.9 Å². The predicted octanol–water partition coefficient (Wildman–Crippen LogP) is 6.88. The van der Waals surface area contributed by atoms with Gasteiger partial charge in [-0.1, -0.05) is 91.0 Å². The van der Waals surface area contributed by atoms with Crippen molar-refractivity contribution in [3.63, 3.8) is 0 Å². The molecule has 0 unspecified atom stereocenters. The summed E-state index contributed by atoms with van der Waals surface area (Å²) in [5.41, 5.74) is 10.0. The van der Waals surface area contributed by atoms with E-state index in [1.54, 1.807) is 0 Å². The van der Waals surface area contributed by atoms with Crippen molar-refractivity contribution >= 4 is 45.9 Å². The second-order valence-corrected chi connectivity index (χ2v) is 11.3. The number of ketones is 2. The van der Waals surface area contributed by atoms with Gasteiger partial charge in [-0.2, -0.15) is 0 Å². The van der Waals surface area contributed by atoms with Crippen molar-refractivity contribution in [2.75, 3.05) is 0 Å². The van der Waals surface area contributed by atoms with Gasteiger partial charge in [0.15, 0.2) is 11.6 Å². The van der Waals surface area contributed by atoms with Gasteiger partial charge in [0.2, 0.25) is 0 Å². The van der Waals surface area contributed by atoms with Crippen molar-refractivity contribution < 1.29 is 29.4 Å². The molecule has 2 aliphatic carbocycles. The van der Waals surface area contributed by atoms with Crippen LogP contribution in [0.25, 0.3) is 22.4 Å². The van der Waals surface area contributed by atoms with Crippen LogP contribution < -0.4 is 0 Å². The van der Waals surface area contributed by atoms with Gasteiger partial charge in [0.1, 0.15) is 0 Å². The Bertz CT molecular complexity index is 1890. The van der Waals surface area contributed by atoms with Crippen LogP contribution >= 0.6 is 0 Å². The second-order valence-electron chi connectivity index (χ2n) is 11.3. The van der Waals surface area contributed by atoms with Crippen LogP contribution in [0.3, 0.4) is 0 Å². The first-order valence-electron chi connectivity index (χ1n) is 14.8. The van der Waals surface area contributed by atoms with E-state index in [0.717, 1.165) is 59.4 Å². The van der Waals surface area contributed by atoms with Gasteiger partial charge < -0.3 is 10.2 Å². The van der Waals surface area contributed by atoms with Crippen molar-refractivity contribution in [1.82, 2.24) is 0 Å². The smallest absolute Gasteiger partial charge is 0.328 e. The molecule has 0 saturated carbocycles. The number of rotatable bonds is 11. The number of carboxylic acids is 2. The molecular weight excluding hydrogens is 564 g/mol. The first-order chi connectivity index (χ1) is 21.8. The van der Waals surface area contributed by atoms with Crippen molar-refractivity contribution in [3.05, 3.63) is 154 Å². The SMILES string of the molecule is O=C(O)/C=C/C(=O)Cc1ccc(C(c2ccc(CC(=O)/C=C/C(=O)O)cc2)c2ccc3ccc4c5c3c2CC=C5CC=C4)cc1. The lowest BCUT2D eigenvalue weighted by Crippen LogP contribution is -2.11. The van der Waals surface area contributed by atoms with E-state index in [0.29, 0.717) is 0 Å². The normalized spacial score (nSPS) is 13.5. The second kappa shape index (κ2) is 12.5. The van der Waals surface area contributed by atoms with Gasteiger partial charge in [0.05, 0.1) is 0 Å². The number of benzene rings is 4. The lowest BCUT2D eigenvalue weighted by atomic mass is 9.75. The third kappa shape index (κ3) is 6.36. The van der Waals surface area contributed by atoms with E-state index >= 15 is 0 Å². The maximum atomic E-state index is 12.3. The lowest BCUT2D eigenvalue weighted by molar-refractivity contribution is -0.132. The standard InChI is InChI=1S/C39H30O6/c40-31(16-20-35(42)43)22-24-4-8-28(9-5-24)37(29-10-6-25(7-11-29)23-32(41)17-21-36(44)45)33-18-15-30-13-12-26-2-1-3-27-14-19-34(33)39(30)38(26)27/h1-2,4-18,20-21,37H,3,19,22-23H2,(H,42,43)(H,44,45)/b20-16+,21-17+. The van der Waals surface area contributed by atoms with Crippen LogP contribution in [0.15, 0.2) is 109 Å². The summed E-state index contributed by atoms with van der Waals surface area (Å²) in [5, 5.41) is 20.2. The molecule has 6 rings (SSSR count). The Labute approximate surface area is 260 Å². The first-order valence-corrected chi connectivity index (χ1v) is 14.8. The summed E-state index contributed by atoms with van der Waals surface area (Å²) >= 11 is 0. The maximum absolute atomic E-state index is 12.3. The van der Waals surface area contributed by atoms with E-state index < -0.39 is 11.9 Å². The molecule has 0 saturated heterocycles. The zero-order chi connectivity index (χ0) is 31.5. The molecule has 4 aromatic carbocycles. The minimum atomic E-state index is -1.16. The molecule has 222 valence electrons. The van der Waals surface area contributed by atoms with Gasteiger partial charge >= 0.3 is 11.9 Å². The molecule has 0 aromatic heterocycles. The lowest BCUT2D eigenvalue weighted by Gasteiger charge is -2.28. The Morgan fingerprint density at radius 2 is 1.22 bits per heavy atom. The van der Waals surface area contributed by atoms with Crippen LogP contribution in [0.5, 0.6) is 0 Å². The van der Waals surface area contributed by atoms with Crippen LogP contribution in [0.4, 0.5) is 0 Å². The van der Waals surface area contributed by atoms with Gasteiger partial charge in [-0.15, -0.1) is 0 Å². The summed E-state index contributed by atoms with van der Waals surface area (Å²) in [5.74, 6) is -3.03. The Hall–Kier alpha value is -5.62. The largest absolute Gasteiger partial charge is 0.478 e. The molecule has 6 nitrogen and oxygen atoms in total. The minimum absolute atomic E-state index is 0.0994. The number of hydrogen-bond acceptors (Lipinski definition) is 4. The van der Waals surface area contributed by atoms with Crippen molar-refractivity contribution in [2.45, 2.75) is 31.6 Å². The van der Waals surface area contributed by atoms with E-state index in [1.807, 2.05) is 48.5 Å². The van der Waals surface area contributed by atoms with Crippen LogP contribution in [-0.4, -0.2) is 33.7 Å². The monoisotopic (exact) mass is 594 g/mol. The van der Waals surface area contributed by atoms with E-state index in [-0.39, 0.29) is 30.3 Å². The van der Waals surface area contributed by atoms with Crippen LogP contribution in [0.2, 0.25) is 0 Å². The van der Waals surface area contributed by atoms with Gasteiger partial charge in [-0.25, -0.2) is 9.59 Å². The fourth-order valence-electron chi connectivity index (χ4n) is 6.38. The highest BCUT2D eigenvalue weighted by atomic mass is 16.4. The molecule has 2 N–H and O–H groups in total. The topological polar surface area (TPSA) is 109 Å². The average Bonchev–Trinajstić information content (AvgIpc) is 3.04. The zero-order valence-electron chi connectivity index (χ0n) is 24.4. The Balaban J connectivity index is 1.41. The molecule has 0 spiro atoms. The fourth-order valence-corrected chi connectivity index (χ4v) is 6.38. The molecule has 6 heteroatoms. The average molecular weight is 595 g/mol. The number of carbonyl (C=O) groups excluding carboxylic acids is 2. The van der Waals surface area contributed by atoms with Crippen molar-refractivity contribution in [2.24, 2.45) is 0 Å². The third-order valence-corrected chi connectivity index (χ3v) is 8.39. The number of carbonyl (C=O) groups is 4. The Kier molecular flexibility index (Phi) is 8.21. The highest BCUT2D eigenvalue weighted by molar-refractivity contribution is 6.03. The van der Waals surface area contributed by atoms with Gasteiger partial charge in [-0.3, -0.25) is 9.59 Å². The Morgan fingerprint density at radius 1 is 0.667 bits per heavy atom.